The topological polar surface area (TPSA) is 76.4 Å². The van der Waals surface area contributed by atoms with Gasteiger partial charge in [0, 0.05) is 38.5 Å². The third-order valence-corrected chi connectivity index (χ3v) is 5.25. The van der Waals surface area contributed by atoms with Crippen molar-refractivity contribution in [2.24, 2.45) is 0 Å². The molecule has 1 fully saturated rings. The van der Waals surface area contributed by atoms with Gasteiger partial charge < -0.3 is 10.2 Å². The zero-order valence-electron chi connectivity index (χ0n) is 15.2. The summed E-state index contributed by atoms with van der Waals surface area (Å²) in [5, 5.41) is 11.6. The van der Waals surface area contributed by atoms with E-state index in [2.05, 4.69) is 16.3 Å². The summed E-state index contributed by atoms with van der Waals surface area (Å²) in [5.41, 5.74) is 1.77. The van der Waals surface area contributed by atoms with E-state index in [1.807, 2.05) is 24.0 Å². The number of nitrogens with zero attached hydrogens (tertiary/aromatic N) is 3. The normalized spacial score (nSPS) is 15.2. The molecule has 2 amide bonds. The molecule has 0 atom stereocenters. The lowest BCUT2D eigenvalue weighted by atomic mass is 10.2. The fourth-order valence-corrected chi connectivity index (χ4v) is 3.74. The van der Waals surface area contributed by atoms with Crippen molar-refractivity contribution in [1.29, 1.82) is 5.26 Å². The van der Waals surface area contributed by atoms with E-state index in [0.29, 0.717) is 31.0 Å². The number of nitriles is 1. The molecule has 0 saturated carbocycles. The maximum absolute atomic E-state index is 12.4. The first-order chi connectivity index (χ1) is 12.6. The minimum atomic E-state index is 0.0465. The molecule has 0 bridgehead atoms. The van der Waals surface area contributed by atoms with Crippen molar-refractivity contribution in [3.8, 4) is 6.07 Å². The van der Waals surface area contributed by atoms with Crippen LogP contribution in [0.5, 0.6) is 0 Å². The van der Waals surface area contributed by atoms with Gasteiger partial charge in [-0.15, -0.1) is 11.8 Å². The number of thioether (sulfide) groups is 1. The fraction of sp³-hybridized carbons (Fsp3) is 0.526. The summed E-state index contributed by atoms with van der Waals surface area (Å²) in [5.74, 6) is 1.42. The van der Waals surface area contributed by atoms with Gasteiger partial charge in [0.15, 0.2) is 0 Å². The Morgan fingerprint density at radius 1 is 1.19 bits per heavy atom. The van der Waals surface area contributed by atoms with Gasteiger partial charge >= 0.3 is 0 Å². The molecule has 1 aromatic rings. The first-order valence-corrected chi connectivity index (χ1v) is 10.1. The van der Waals surface area contributed by atoms with Gasteiger partial charge in [0.2, 0.25) is 11.8 Å². The molecule has 0 unspecified atom stereocenters. The van der Waals surface area contributed by atoms with E-state index in [1.165, 1.54) is 0 Å². The van der Waals surface area contributed by atoms with Crippen LogP contribution in [0.2, 0.25) is 0 Å². The Morgan fingerprint density at radius 2 is 1.96 bits per heavy atom. The van der Waals surface area contributed by atoms with E-state index in [4.69, 9.17) is 5.26 Å². The second-order valence-corrected chi connectivity index (χ2v) is 7.25. The summed E-state index contributed by atoms with van der Waals surface area (Å²) in [6.45, 7) is 5.98. The van der Waals surface area contributed by atoms with Crippen LogP contribution in [0, 0.1) is 11.3 Å². The van der Waals surface area contributed by atoms with Gasteiger partial charge in [0.25, 0.3) is 0 Å². The largest absolute Gasteiger partial charge is 0.355 e. The quantitative estimate of drug-likeness (QED) is 0.782. The average Bonchev–Trinajstić information content (AvgIpc) is 2.88. The number of benzene rings is 1. The summed E-state index contributed by atoms with van der Waals surface area (Å²) in [6.07, 6.45) is 0.894. The highest BCUT2D eigenvalue weighted by Crippen LogP contribution is 2.14. The lowest BCUT2D eigenvalue weighted by molar-refractivity contribution is -0.128. The highest BCUT2D eigenvalue weighted by molar-refractivity contribution is 7.99. The van der Waals surface area contributed by atoms with E-state index in [9.17, 15) is 9.59 Å². The standard InChI is InChI=1S/C19H26N4O2S/c1-2-21-18(24)13-22-8-3-9-23(11-10-22)19(25)15-26-14-17-6-4-16(12-20)5-7-17/h4-7H,2-3,8-11,13-15H2,1H3,(H,21,24). The Hall–Kier alpha value is -2.04. The lowest BCUT2D eigenvalue weighted by Gasteiger charge is -2.21. The van der Waals surface area contributed by atoms with Crippen molar-refractivity contribution in [1.82, 2.24) is 15.1 Å². The molecule has 1 saturated heterocycles. The molecule has 6 nitrogen and oxygen atoms in total. The van der Waals surface area contributed by atoms with Crippen molar-refractivity contribution in [3.63, 3.8) is 0 Å². The van der Waals surface area contributed by atoms with Gasteiger partial charge in [-0.1, -0.05) is 12.1 Å². The summed E-state index contributed by atoms with van der Waals surface area (Å²) >= 11 is 1.59. The summed E-state index contributed by atoms with van der Waals surface area (Å²) in [4.78, 5) is 28.2. The van der Waals surface area contributed by atoms with Crippen LogP contribution in [0.3, 0.4) is 0 Å². The third kappa shape index (κ3) is 6.70. The van der Waals surface area contributed by atoms with Crippen LogP contribution in [0.25, 0.3) is 0 Å². The second-order valence-electron chi connectivity index (χ2n) is 6.27. The van der Waals surface area contributed by atoms with Gasteiger partial charge in [0.05, 0.1) is 23.9 Å². The minimum absolute atomic E-state index is 0.0465. The second kappa shape index (κ2) is 10.8. The maximum Gasteiger partial charge on any atom is 0.234 e. The molecule has 2 rings (SSSR count). The monoisotopic (exact) mass is 374 g/mol. The van der Waals surface area contributed by atoms with Crippen molar-refractivity contribution in [2.45, 2.75) is 19.1 Å². The van der Waals surface area contributed by atoms with E-state index >= 15 is 0 Å². The highest BCUT2D eigenvalue weighted by atomic mass is 32.2. The first-order valence-electron chi connectivity index (χ1n) is 8.96. The van der Waals surface area contributed by atoms with Crippen LogP contribution in [0.4, 0.5) is 0 Å². The SMILES string of the molecule is CCNC(=O)CN1CCCN(C(=O)CSCc2ccc(C#N)cc2)CC1. The van der Waals surface area contributed by atoms with Crippen molar-refractivity contribution < 1.29 is 9.59 Å². The summed E-state index contributed by atoms with van der Waals surface area (Å²) in [7, 11) is 0. The number of carbonyl (C=O) groups is 2. The molecule has 0 spiro atoms. The van der Waals surface area contributed by atoms with E-state index < -0.39 is 0 Å². The number of hydrogen-bond donors (Lipinski definition) is 1. The number of rotatable bonds is 7. The fourth-order valence-electron chi connectivity index (χ4n) is 2.86. The number of nitrogens with one attached hydrogen (secondary N) is 1. The smallest absolute Gasteiger partial charge is 0.234 e. The van der Waals surface area contributed by atoms with Crippen LogP contribution in [-0.4, -0.2) is 66.6 Å². The predicted octanol–water partition coefficient (Wildman–Crippen LogP) is 1.46. The molecular formula is C19H26N4O2S. The average molecular weight is 375 g/mol. The molecule has 1 aliphatic rings. The lowest BCUT2D eigenvalue weighted by Crippen LogP contribution is -2.40. The molecule has 1 aliphatic heterocycles. The zero-order valence-corrected chi connectivity index (χ0v) is 16.1. The molecule has 1 aromatic carbocycles. The Morgan fingerprint density at radius 3 is 2.65 bits per heavy atom. The Kier molecular flexibility index (Phi) is 8.45. The van der Waals surface area contributed by atoms with Crippen molar-refractivity contribution in [2.75, 3.05) is 45.0 Å². The van der Waals surface area contributed by atoms with Gasteiger partial charge in [-0.2, -0.15) is 5.26 Å². The van der Waals surface area contributed by atoms with Gasteiger partial charge in [-0.3, -0.25) is 14.5 Å². The van der Waals surface area contributed by atoms with E-state index in [0.717, 1.165) is 37.4 Å². The molecule has 7 heteroatoms. The van der Waals surface area contributed by atoms with Crippen LogP contribution in [-0.2, 0) is 15.3 Å². The van der Waals surface area contributed by atoms with Crippen LogP contribution >= 0.6 is 11.8 Å². The van der Waals surface area contributed by atoms with Crippen LogP contribution in [0.1, 0.15) is 24.5 Å². The Labute approximate surface area is 159 Å². The molecule has 0 radical (unpaired) electrons. The number of hydrogen-bond acceptors (Lipinski definition) is 5. The van der Waals surface area contributed by atoms with Gasteiger partial charge in [-0.05, 0) is 31.0 Å². The molecule has 0 aromatic heterocycles. The molecular weight excluding hydrogens is 348 g/mol. The zero-order chi connectivity index (χ0) is 18.8. The molecule has 0 aliphatic carbocycles. The van der Waals surface area contributed by atoms with Crippen molar-refractivity contribution >= 4 is 23.6 Å². The molecule has 26 heavy (non-hydrogen) atoms. The van der Waals surface area contributed by atoms with Crippen molar-refractivity contribution in [3.05, 3.63) is 35.4 Å². The number of amides is 2. The van der Waals surface area contributed by atoms with Crippen LogP contribution < -0.4 is 5.32 Å². The summed E-state index contributed by atoms with van der Waals surface area (Å²) < 4.78 is 0. The number of likely N-dealkylation sites (N-methyl/N-ethyl adjacent to an activating group) is 1. The Bertz CT molecular complexity index is 642. The molecule has 1 N–H and O–H groups in total. The Balaban J connectivity index is 1.72. The van der Waals surface area contributed by atoms with E-state index in [-0.39, 0.29) is 11.8 Å². The van der Waals surface area contributed by atoms with Gasteiger partial charge in [-0.25, -0.2) is 0 Å². The highest BCUT2D eigenvalue weighted by Gasteiger charge is 2.20. The number of carbonyl (C=O) groups excluding carboxylic acids is 2. The van der Waals surface area contributed by atoms with Crippen LogP contribution in [0.15, 0.2) is 24.3 Å². The van der Waals surface area contributed by atoms with E-state index in [1.54, 1.807) is 23.9 Å². The first kappa shape index (κ1) is 20.3. The molecule has 1 heterocycles. The predicted molar refractivity (Wildman–Crippen MR) is 104 cm³/mol. The minimum Gasteiger partial charge on any atom is -0.355 e. The third-order valence-electron chi connectivity index (χ3n) is 4.26. The maximum atomic E-state index is 12.4. The van der Waals surface area contributed by atoms with Gasteiger partial charge in [0.1, 0.15) is 0 Å². The summed E-state index contributed by atoms with van der Waals surface area (Å²) in [6, 6.07) is 9.57. The molecule has 140 valence electrons.